The number of carbonyl (C=O) groups excluding carboxylic acids is 2. The van der Waals surface area contributed by atoms with E-state index in [1.807, 2.05) is 44.2 Å². The molecule has 3 atom stereocenters. The molecular weight excluding hydrogens is 387 g/mol. The summed E-state index contributed by atoms with van der Waals surface area (Å²) in [6, 6.07) is 10.9. The summed E-state index contributed by atoms with van der Waals surface area (Å²) in [5.41, 5.74) is 0.867. The van der Waals surface area contributed by atoms with Crippen LogP contribution in [0.2, 0.25) is 10.0 Å². The molecule has 1 aromatic heterocycles. The topological polar surface area (TPSA) is 68.3 Å². The average Bonchev–Trinajstić information content (AvgIpc) is 2.64. The molecule has 2 rings (SSSR count). The van der Waals surface area contributed by atoms with Crippen LogP contribution in [0.1, 0.15) is 38.7 Å². The van der Waals surface area contributed by atoms with Gasteiger partial charge in [0.15, 0.2) is 11.9 Å². The van der Waals surface area contributed by atoms with Crippen LogP contribution >= 0.6 is 23.2 Å². The maximum Gasteiger partial charge on any atom is 0.314 e. The number of benzene rings is 1. The predicted molar refractivity (Wildman–Crippen MR) is 107 cm³/mol. The molecule has 3 unspecified atom stereocenters. The summed E-state index contributed by atoms with van der Waals surface area (Å²) in [7, 11) is 0. The van der Waals surface area contributed by atoms with E-state index >= 15 is 0 Å². The van der Waals surface area contributed by atoms with E-state index in [4.69, 9.17) is 27.9 Å². The minimum atomic E-state index is -0.999. The van der Waals surface area contributed by atoms with Gasteiger partial charge in [0.25, 0.3) is 5.91 Å². The van der Waals surface area contributed by atoms with Gasteiger partial charge in [0.1, 0.15) is 0 Å². The highest BCUT2D eigenvalue weighted by atomic mass is 35.5. The standard InChI is InChI=1S/C20H22Cl2N2O3/c1-4-12(2)17(14-8-6-5-7-9-14)20(26)27-13(3)19(25)24-18-16(22)10-15(21)11-23-18/h5-13,17H,4H2,1-3H3,(H,23,24,25). The number of nitrogens with zero attached hydrogens (tertiary/aromatic N) is 1. The van der Waals surface area contributed by atoms with Gasteiger partial charge in [-0.2, -0.15) is 0 Å². The predicted octanol–water partition coefficient (Wildman–Crippen LogP) is 5.09. The van der Waals surface area contributed by atoms with Crippen molar-refractivity contribution in [2.24, 2.45) is 5.92 Å². The first-order chi connectivity index (χ1) is 12.8. The molecule has 0 aliphatic rings. The Morgan fingerprint density at radius 3 is 2.44 bits per heavy atom. The fourth-order valence-electron chi connectivity index (χ4n) is 2.62. The van der Waals surface area contributed by atoms with Crippen LogP contribution < -0.4 is 5.32 Å². The van der Waals surface area contributed by atoms with Crippen LogP contribution in [0.3, 0.4) is 0 Å². The number of carbonyl (C=O) groups is 2. The van der Waals surface area contributed by atoms with Gasteiger partial charge in [-0.05, 0) is 24.5 Å². The van der Waals surface area contributed by atoms with Gasteiger partial charge in [-0.25, -0.2) is 4.98 Å². The van der Waals surface area contributed by atoms with E-state index in [1.165, 1.54) is 19.2 Å². The van der Waals surface area contributed by atoms with Gasteiger partial charge < -0.3 is 10.1 Å². The Hall–Kier alpha value is -2.11. The summed E-state index contributed by atoms with van der Waals surface area (Å²) in [4.78, 5) is 29.1. The third-order valence-corrected chi connectivity index (χ3v) is 4.83. The molecule has 1 amide bonds. The second-order valence-electron chi connectivity index (χ2n) is 6.33. The molecule has 0 radical (unpaired) electrons. The lowest BCUT2D eigenvalue weighted by molar-refractivity contribution is -0.155. The highest BCUT2D eigenvalue weighted by Crippen LogP contribution is 2.29. The number of esters is 1. The van der Waals surface area contributed by atoms with E-state index in [0.29, 0.717) is 5.02 Å². The minimum absolute atomic E-state index is 0.0718. The van der Waals surface area contributed by atoms with Crippen molar-refractivity contribution in [2.45, 2.75) is 39.2 Å². The van der Waals surface area contributed by atoms with E-state index in [-0.39, 0.29) is 16.8 Å². The average molecular weight is 409 g/mol. The van der Waals surface area contributed by atoms with Crippen LogP contribution in [0, 0.1) is 5.92 Å². The van der Waals surface area contributed by atoms with Crippen molar-refractivity contribution in [1.29, 1.82) is 0 Å². The van der Waals surface area contributed by atoms with Gasteiger partial charge in [-0.3, -0.25) is 9.59 Å². The summed E-state index contributed by atoms with van der Waals surface area (Å²) in [6.45, 7) is 5.51. The zero-order chi connectivity index (χ0) is 20.0. The molecule has 5 nitrogen and oxygen atoms in total. The zero-order valence-electron chi connectivity index (χ0n) is 15.4. The van der Waals surface area contributed by atoms with Crippen molar-refractivity contribution in [3.63, 3.8) is 0 Å². The van der Waals surface area contributed by atoms with Gasteiger partial charge in [-0.15, -0.1) is 0 Å². The normalized spacial score (nSPS) is 14.1. The van der Waals surface area contributed by atoms with E-state index in [2.05, 4.69) is 10.3 Å². The molecule has 7 heteroatoms. The largest absolute Gasteiger partial charge is 0.452 e. The first kappa shape index (κ1) is 21.2. The second kappa shape index (κ2) is 9.72. The number of hydrogen-bond donors (Lipinski definition) is 1. The number of nitrogens with one attached hydrogen (secondary N) is 1. The van der Waals surface area contributed by atoms with Crippen LogP contribution in [0.4, 0.5) is 5.82 Å². The van der Waals surface area contributed by atoms with Gasteiger partial charge in [0.2, 0.25) is 0 Å². The summed E-state index contributed by atoms with van der Waals surface area (Å²) in [5.74, 6) is -1.16. The van der Waals surface area contributed by atoms with Gasteiger partial charge in [0.05, 0.1) is 16.0 Å². The third-order valence-electron chi connectivity index (χ3n) is 4.34. The van der Waals surface area contributed by atoms with Crippen LogP contribution in [0.15, 0.2) is 42.6 Å². The summed E-state index contributed by atoms with van der Waals surface area (Å²) in [6.07, 6.45) is 1.18. The molecule has 0 spiro atoms. The van der Waals surface area contributed by atoms with E-state index in [9.17, 15) is 9.59 Å². The minimum Gasteiger partial charge on any atom is -0.452 e. The molecule has 1 heterocycles. The molecule has 2 aromatic rings. The van der Waals surface area contributed by atoms with E-state index in [0.717, 1.165) is 12.0 Å². The molecule has 0 fully saturated rings. The summed E-state index contributed by atoms with van der Waals surface area (Å²) in [5, 5.41) is 3.11. The lowest BCUT2D eigenvalue weighted by Crippen LogP contribution is -2.33. The van der Waals surface area contributed by atoms with Crippen molar-refractivity contribution in [1.82, 2.24) is 4.98 Å². The van der Waals surface area contributed by atoms with Gasteiger partial charge in [-0.1, -0.05) is 73.8 Å². The van der Waals surface area contributed by atoms with Crippen LogP contribution in [0.25, 0.3) is 0 Å². The highest BCUT2D eigenvalue weighted by Gasteiger charge is 2.30. The first-order valence-electron chi connectivity index (χ1n) is 8.70. The van der Waals surface area contributed by atoms with E-state index < -0.39 is 23.9 Å². The number of pyridine rings is 1. The summed E-state index contributed by atoms with van der Waals surface area (Å²) < 4.78 is 5.44. The third kappa shape index (κ3) is 5.68. The monoisotopic (exact) mass is 408 g/mol. The molecule has 1 N–H and O–H groups in total. The Labute approximate surface area is 169 Å². The van der Waals surface area contributed by atoms with Gasteiger partial charge >= 0.3 is 5.97 Å². The Kier molecular flexibility index (Phi) is 7.63. The number of ether oxygens (including phenoxy) is 1. The number of halogens is 2. The number of amides is 1. The number of hydrogen-bond acceptors (Lipinski definition) is 4. The maximum absolute atomic E-state index is 12.8. The van der Waals surface area contributed by atoms with Crippen LogP contribution in [0.5, 0.6) is 0 Å². The second-order valence-corrected chi connectivity index (χ2v) is 7.17. The molecule has 0 bridgehead atoms. The highest BCUT2D eigenvalue weighted by molar-refractivity contribution is 6.36. The first-order valence-corrected chi connectivity index (χ1v) is 9.46. The molecule has 0 saturated carbocycles. The molecule has 27 heavy (non-hydrogen) atoms. The molecule has 0 aliphatic carbocycles. The molecule has 0 aliphatic heterocycles. The summed E-state index contributed by atoms with van der Waals surface area (Å²) >= 11 is 11.8. The Balaban J connectivity index is 2.08. The van der Waals surface area contributed by atoms with Crippen molar-refractivity contribution in [3.8, 4) is 0 Å². The number of rotatable bonds is 7. The fraction of sp³-hybridized carbons (Fsp3) is 0.350. The molecule has 0 saturated heterocycles. The Morgan fingerprint density at radius 1 is 1.19 bits per heavy atom. The maximum atomic E-state index is 12.8. The van der Waals surface area contributed by atoms with Crippen molar-refractivity contribution >= 4 is 40.9 Å². The Bertz CT molecular complexity index is 799. The SMILES string of the molecule is CCC(C)C(C(=O)OC(C)C(=O)Nc1ncc(Cl)cc1Cl)c1ccccc1. The number of aromatic nitrogens is 1. The number of anilines is 1. The smallest absolute Gasteiger partial charge is 0.314 e. The van der Waals surface area contributed by atoms with Crippen molar-refractivity contribution in [3.05, 3.63) is 58.2 Å². The van der Waals surface area contributed by atoms with Crippen LogP contribution in [-0.2, 0) is 14.3 Å². The lowest BCUT2D eigenvalue weighted by atomic mass is 9.85. The molecular formula is C20H22Cl2N2O3. The van der Waals surface area contributed by atoms with E-state index in [1.54, 1.807) is 0 Å². The van der Waals surface area contributed by atoms with Crippen molar-refractivity contribution < 1.29 is 14.3 Å². The quantitative estimate of drug-likeness (QED) is 0.647. The lowest BCUT2D eigenvalue weighted by Gasteiger charge is -2.23. The Morgan fingerprint density at radius 2 is 1.85 bits per heavy atom. The zero-order valence-corrected chi connectivity index (χ0v) is 16.9. The fourth-order valence-corrected chi connectivity index (χ4v) is 3.05. The van der Waals surface area contributed by atoms with Crippen molar-refractivity contribution in [2.75, 3.05) is 5.32 Å². The molecule has 1 aromatic carbocycles. The van der Waals surface area contributed by atoms with Crippen LogP contribution in [-0.4, -0.2) is 23.0 Å². The van der Waals surface area contributed by atoms with Gasteiger partial charge in [0, 0.05) is 6.20 Å². The molecule has 144 valence electrons.